The fourth-order valence-electron chi connectivity index (χ4n) is 2.81. The van der Waals surface area contributed by atoms with E-state index in [1.165, 1.54) is 22.6 Å². The van der Waals surface area contributed by atoms with Gasteiger partial charge in [-0.1, -0.05) is 18.2 Å². The van der Waals surface area contributed by atoms with Crippen LogP contribution in [-0.4, -0.2) is 22.0 Å². The Morgan fingerprint density at radius 1 is 1.45 bits per heavy atom. The Morgan fingerprint density at radius 3 is 3.10 bits per heavy atom. The van der Waals surface area contributed by atoms with Gasteiger partial charge in [0.15, 0.2) is 0 Å². The van der Waals surface area contributed by atoms with Crippen molar-refractivity contribution in [3.8, 4) is 0 Å². The molecule has 2 aromatic rings. The molecule has 4 heteroatoms. The van der Waals surface area contributed by atoms with E-state index in [1.54, 1.807) is 0 Å². The highest BCUT2D eigenvalue weighted by molar-refractivity contribution is 7.99. The normalized spacial score (nSPS) is 19.6. The zero-order valence-electron chi connectivity index (χ0n) is 12.0. The number of nitrogens with one attached hydrogen (secondary N) is 2. The molecule has 1 aromatic heterocycles. The van der Waals surface area contributed by atoms with Gasteiger partial charge in [0.1, 0.15) is 0 Å². The minimum Gasteiger partial charge on any atom is -0.307 e. The molecular formula is C16H21N3S. The largest absolute Gasteiger partial charge is 0.307 e. The van der Waals surface area contributed by atoms with Crippen LogP contribution in [-0.2, 0) is 6.42 Å². The van der Waals surface area contributed by atoms with Gasteiger partial charge in [0.05, 0.1) is 5.69 Å². The fourth-order valence-corrected chi connectivity index (χ4v) is 3.94. The van der Waals surface area contributed by atoms with Crippen LogP contribution in [0.3, 0.4) is 0 Å². The molecular weight excluding hydrogens is 266 g/mol. The van der Waals surface area contributed by atoms with Crippen molar-refractivity contribution in [3.63, 3.8) is 0 Å². The molecule has 3 nitrogen and oxygen atoms in total. The zero-order chi connectivity index (χ0) is 13.9. The number of aromatic nitrogens is 2. The first-order valence-corrected chi connectivity index (χ1v) is 8.19. The maximum atomic E-state index is 4.32. The van der Waals surface area contributed by atoms with Gasteiger partial charge in [-0.05, 0) is 43.7 Å². The second-order valence-electron chi connectivity index (χ2n) is 5.54. The van der Waals surface area contributed by atoms with Crippen molar-refractivity contribution in [2.75, 3.05) is 5.75 Å². The van der Waals surface area contributed by atoms with E-state index in [9.17, 15) is 0 Å². The van der Waals surface area contributed by atoms with Crippen LogP contribution in [0, 0.1) is 6.92 Å². The van der Waals surface area contributed by atoms with Crippen molar-refractivity contribution < 1.29 is 0 Å². The summed E-state index contributed by atoms with van der Waals surface area (Å²) < 4.78 is 0. The van der Waals surface area contributed by atoms with Crippen LogP contribution < -0.4 is 5.32 Å². The smallest absolute Gasteiger partial charge is 0.0640 e. The highest BCUT2D eigenvalue weighted by Gasteiger charge is 2.21. The van der Waals surface area contributed by atoms with Gasteiger partial charge in [0.25, 0.3) is 0 Å². The van der Waals surface area contributed by atoms with Crippen LogP contribution in [0.4, 0.5) is 0 Å². The van der Waals surface area contributed by atoms with Crippen LogP contribution in [0.25, 0.3) is 0 Å². The molecule has 0 fully saturated rings. The first kappa shape index (κ1) is 13.7. The van der Waals surface area contributed by atoms with E-state index < -0.39 is 0 Å². The number of aromatic amines is 1. The minimum atomic E-state index is 0.429. The number of rotatable bonds is 4. The van der Waals surface area contributed by atoms with Crippen LogP contribution in [0.1, 0.15) is 36.3 Å². The standard InChI is InChI=1S/C16H21N3S/c1-11(9-13-10-12(2)18-19-13)17-15-7-8-20-16-6-4-3-5-14(15)16/h3-6,10-11,15,17H,7-9H2,1-2H3,(H,18,19). The van der Waals surface area contributed by atoms with Crippen LogP contribution in [0.5, 0.6) is 0 Å². The molecule has 0 saturated heterocycles. The molecule has 20 heavy (non-hydrogen) atoms. The monoisotopic (exact) mass is 287 g/mol. The van der Waals surface area contributed by atoms with Crippen molar-refractivity contribution in [2.45, 2.75) is 43.7 Å². The summed E-state index contributed by atoms with van der Waals surface area (Å²) in [5.41, 5.74) is 3.72. The van der Waals surface area contributed by atoms with E-state index >= 15 is 0 Å². The summed E-state index contributed by atoms with van der Waals surface area (Å²) in [6.45, 7) is 4.29. The van der Waals surface area contributed by atoms with Gasteiger partial charge < -0.3 is 5.32 Å². The van der Waals surface area contributed by atoms with E-state index in [0.29, 0.717) is 12.1 Å². The maximum absolute atomic E-state index is 4.32. The van der Waals surface area contributed by atoms with Crippen LogP contribution in [0.2, 0.25) is 0 Å². The molecule has 0 amide bonds. The van der Waals surface area contributed by atoms with Crippen molar-refractivity contribution in [1.29, 1.82) is 0 Å². The van der Waals surface area contributed by atoms with E-state index in [2.05, 4.69) is 52.8 Å². The SMILES string of the molecule is Cc1cc(CC(C)NC2CCSc3ccccc32)n[nH]1. The van der Waals surface area contributed by atoms with Crippen LogP contribution >= 0.6 is 11.8 Å². The van der Waals surface area contributed by atoms with Crippen molar-refractivity contribution >= 4 is 11.8 Å². The first-order chi connectivity index (χ1) is 9.72. The topological polar surface area (TPSA) is 40.7 Å². The maximum Gasteiger partial charge on any atom is 0.0640 e. The number of benzene rings is 1. The second-order valence-corrected chi connectivity index (χ2v) is 6.68. The Hall–Kier alpha value is -1.26. The molecule has 0 saturated carbocycles. The quantitative estimate of drug-likeness (QED) is 0.904. The summed E-state index contributed by atoms with van der Waals surface area (Å²) in [5, 5.41) is 11.1. The fraction of sp³-hybridized carbons (Fsp3) is 0.438. The Labute approximate surface area is 124 Å². The number of fused-ring (bicyclic) bond motifs is 1. The lowest BCUT2D eigenvalue weighted by atomic mass is 10.0. The highest BCUT2D eigenvalue weighted by atomic mass is 32.2. The van der Waals surface area contributed by atoms with E-state index in [4.69, 9.17) is 0 Å². The third-order valence-corrected chi connectivity index (χ3v) is 4.84. The van der Waals surface area contributed by atoms with Gasteiger partial charge >= 0.3 is 0 Å². The molecule has 1 aromatic carbocycles. The third-order valence-electron chi connectivity index (χ3n) is 3.72. The number of hydrogen-bond donors (Lipinski definition) is 2. The van der Waals surface area contributed by atoms with Crippen LogP contribution in [0.15, 0.2) is 35.2 Å². The lowest BCUT2D eigenvalue weighted by Gasteiger charge is -2.28. The summed E-state index contributed by atoms with van der Waals surface area (Å²) in [6.07, 6.45) is 2.17. The summed E-state index contributed by atoms with van der Waals surface area (Å²) in [6, 6.07) is 11.8. The molecule has 0 spiro atoms. The highest BCUT2D eigenvalue weighted by Crippen LogP contribution is 2.36. The number of thioether (sulfide) groups is 1. The Kier molecular flexibility index (Phi) is 4.13. The number of H-pyrrole nitrogens is 1. The Balaban J connectivity index is 1.66. The molecule has 1 aliphatic rings. The molecule has 0 radical (unpaired) electrons. The van der Waals surface area contributed by atoms with Gasteiger partial charge in [-0.15, -0.1) is 11.8 Å². The molecule has 1 aliphatic heterocycles. The van der Waals surface area contributed by atoms with Gasteiger partial charge in [-0.2, -0.15) is 5.10 Å². The lowest BCUT2D eigenvalue weighted by molar-refractivity contribution is 0.435. The lowest BCUT2D eigenvalue weighted by Crippen LogP contribution is -2.34. The summed E-state index contributed by atoms with van der Waals surface area (Å²) in [4.78, 5) is 1.43. The first-order valence-electron chi connectivity index (χ1n) is 7.21. The van der Waals surface area contributed by atoms with E-state index in [1.807, 2.05) is 18.7 Å². The van der Waals surface area contributed by atoms with E-state index in [-0.39, 0.29) is 0 Å². The number of aryl methyl sites for hydroxylation is 1. The summed E-state index contributed by atoms with van der Waals surface area (Å²) >= 11 is 1.97. The van der Waals surface area contributed by atoms with E-state index in [0.717, 1.165) is 17.8 Å². The molecule has 0 aliphatic carbocycles. The molecule has 106 valence electrons. The summed E-state index contributed by atoms with van der Waals surface area (Å²) in [7, 11) is 0. The van der Waals surface area contributed by atoms with Crippen molar-refractivity contribution in [3.05, 3.63) is 47.3 Å². The van der Waals surface area contributed by atoms with Crippen molar-refractivity contribution in [1.82, 2.24) is 15.5 Å². The van der Waals surface area contributed by atoms with Gasteiger partial charge in [0.2, 0.25) is 0 Å². The van der Waals surface area contributed by atoms with Gasteiger partial charge in [-0.3, -0.25) is 5.10 Å². The van der Waals surface area contributed by atoms with Gasteiger partial charge in [0, 0.05) is 29.1 Å². The minimum absolute atomic E-state index is 0.429. The molecule has 2 heterocycles. The molecule has 3 rings (SSSR count). The number of hydrogen-bond acceptors (Lipinski definition) is 3. The molecule has 2 atom stereocenters. The average Bonchev–Trinajstić information content (AvgIpc) is 2.84. The average molecular weight is 287 g/mol. The predicted molar refractivity (Wildman–Crippen MR) is 84.2 cm³/mol. The van der Waals surface area contributed by atoms with Gasteiger partial charge in [-0.25, -0.2) is 0 Å². The molecule has 2 N–H and O–H groups in total. The molecule has 0 bridgehead atoms. The summed E-state index contributed by atoms with van der Waals surface area (Å²) in [5.74, 6) is 1.20. The Bertz CT molecular complexity index is 579. The number of nitrogens with zero attached hydrogens (tertiary/aromatic N) is 1. The third kappa shape index (κ3) is 3.07. The second kappa shape index (κ2) is 6.02. The van der Waals surface area contributed by atoms with Crippen molar-refractivity contribution in [2.24, 2.45) is 0 Å². The molecule has 2 unspecified atom stereocenters. The zero-order valence-corrected chi connectivity index (χ0v) is 12.8. The predicted octanol–water partition coefficient (Wildman–Crippen LogP) is 3.48. The Morgan fingerprint density at radius 2 is 2.30 bits per heavy atom.